The van der Waals surface area contributed by atoms with Crippen molar-refractivity contribution >= 4 is 6.09 Å². The predicted molar refractivity (Wildman–Crippen MR) is 92.3 cm³/mol. The van der Waals surface area contributed by atoms with Gasteiger partial charge in [-0.3, -0.25) is 4.90 Å². The molecule has 1 aromatic carbocycles. The van der Waals surface area contributed by atoms with Gasteiger partial charge in [0.15, 0.2) is 0 Å². The van der Waals surface area contributed by atoms with E-state index in [-0.39, 0.29) is 11.9 Å². The van der Waals surface area contributed by atoms with Crippen molar-refractivity contribution in [2.45, 2.75) is 33.3 Å². The first-order chi connectivity index (χ1) is 11.2. The molecule has 5 heteroatoms. The zero-order valence-corrected chi connectivity index (χ0v) is 14.9. The summed E-state index contributed by atoms with van der Waals surface area (Å²) in [5.41, 5.74) is 0.840. The van der Waals surface area contributed by atoms with Gasteiger partial charge in [-0.15, -0.1) is 0 Å². The Kier molecular flexibility index (Phi) is 5.84. The van der Waals surface area contributed by atoms with E-state index in [9.17, 15) is 9.18 Å². The Morgan fingerprint density at radius 1 is 1.25 bits per heavy atom. The predicted octanol–water partition coefficient (Wildman–Crippen LogP) is 3.04. The Bertz CT molecular complexity index is 648. The van der Waals surface area contributed by atoms with Gasteiger partial charge in [0.05, 0.1) is 6.54 Å². The number of carbonyl (C=O) groups excluding carboxylic acids is 1. The topological polar surface area (TPSA) is 32.8 Å². The lowest BCUT2D eigenvalue weighted by atomic mass is 10.1. The van der Waals surface area contributed by atoms with Gasteiger partial charge in [-0.1, -0.05) is 17.9 Å². The van der Waals surface area contributed by atoms with Crippen LogP contribution in [0.3, 0.4) is 0 Å². The first-order valence-corrected chi connectivity index (χ1v) is 8.20. The number of rotatable bonds is 1. The second-order valence-corrected chi connectivity index (χ2v) is 7.01. The molecule has 0 aliphatic carbocycles. The Labute approximate surface area is 143 Å². The number of benzene rings is 1. The normalized spacial score (nSPS) is 15.6. The largest absolute Gasteiger partial charge is 0.444 e. The van der Waals surface area contributed by atoms with E-state index in [2.05, 4.69) is 16.7 Å². The van der Waals surface area contributed by atoms with Crippen molar-refractivity contribution in [1.82, 2.24) is 9.80 Å². The molecule has 1 amide bonds. The van der Waals surface area contributed by atoms with Crippen LogP contribution in [0.2, 0.25) is 0 Å². The maximum Gasteiger partial charge on any atom is 0.410 e. The highest BCUT2D eigenvalue weighted by Crippen LogP contribution is 2.12. The fraction of sp³-hybridized carbons (Fsp3) is 0.526. The fourth-order valence-electron chi connectivity index (χ4n) is 2.34. The summed E-state index contributed by atoms with van der Waals surface area (Å²) >= 11 is 0. The van der Waals surface area contributed by atoms with Crippen molar-refractivity contribution in [1.29, 1.82) is 0 Å². The minimum Gasteiger partial charge on any atom is -0.444 e. The van der Waals surface area contributed by atoms with Crippen LogP contribution in [0.1, 0.15) is 31.9 Å². The molecule has 24 heavy (non-hydrogen) atoms. The van der Waals surface area contributed by atoms with Crippen LogP contribution in [0, 0.1) is 24.6 Å². The third kappa shape index (κ3) is 5.54. The molecule has 1 fully saturated rings. The molecule has 1 heterocycles. The lowest BCUT2D eigenvalue weighted by molar-refractivity contribution is 0.0155. The average molecular weight is 332 g/mol. The van der Waals surface area contributed by atoms with Gasteiger partial charge < -0.3 is 9.64 Å². The number of amides is 1. The molecule has 1 aromatic rings. The summed E-state index contributed by atoms with van der Waals surface area (Å²) in [7, 11) is 0. The number of hydrogen-bond acceptors (Lipinski definition) is 3. The van der Waals surface area contributed by atoms with E-state index in [1.54, 1.807) is 17.9 Å². The Morgan fingerprint density at radius 3 is 2.50 bits per heavy atom. The molecule has 0 saturated carbocycles. The van der Waals surface area contributed by atoms with Gasteiger partial charge in [-0.05, 0) is 45.4 Å². The Hall–Kier alpha value is -2.06. The van der Waals surface area contributed by atoms with E-state index in [1.165, 1.54) is 6.07 Å². The SMILES string of the molecule is Cc1ccc(C#CCN2CCN(C(=O)OC(C)(C)C)CC2)cc1F. The smallest absolute Gasteiger partial charge is 0.410 e. The zero-order valence-electron chi connectivity index (χ0n) is 14.9. The van der Waals surface area contributed by atoms with Crippen LogP contribution in [0.25, 0.3) is 0 Å². The summed E-state index contributed by atoms with van der Waals surface area (Å²) in [5.74, 6) is 5.83. The average Bonchev–Trinajstić information content (AvgIpc) is 2.50. The van der Waals surface area contributed by atoms with Crippen LogP contribution in [0.15, 0.2) is 18.2 Å². The number of ether oxygens (including phenoxy) is 1. The highest BCUT2D eigenvalue weighted by Gasteiger charge is 2.25. The van der Waals surface area contributed by atoms with Gasteiger partial charge >= 0.3 is 6.09 Å². The summed E-state index contributed by atoms with van der Waals surface area (Å²) in [6.07, 6.45) is -0.261. The van der Waals surface area contributed by atoms with Gasteiger partial charge in [0, 0.05) is 31.7 Å². The summed E-state index contributed by atoms with van der Waals surface area (Å²) in [6, 6.07) is 5.02. The molecule has 4 nitrogen and oxygen atoms in total. The standard InChI is InChI=1S/C19H25FN2O2/c1-15-7-8-16(14-17(15)20)6-5-9-21-10-12-22(13-11-21)18(23)24-19(2,3)4/h7-8,14H,9-13H2,1-4H3. The maximum atomic E-state index is 13.5. The van der Waals surface area contributed by atoms with E-state index in [1.807, 2.05) is 26.8 Å². The second-order valence-electron chi connectivity index (χ2n) is 7.01. The van der Waals surface area contributed by atoms with E-state index in [0.717, 1.165) is 13.1 Å². The molecule has 1 saturated heterocycles. The van der Waals surface area contributed by atoms with Crippen LogP contribution in [0.4, 0.5) is 9.18 Å². The van der Waals surface area contributed by atoms with Crippen LogP contribution in [-0.4, -0.2) is 54.2 Å². The molecule has 0 spiro atoms. The third-order valence-electron chi connectivity index (χ3n) is 3.73. The van der Waals surface area contributed by atoms with E-state index in [4.69, 9.17) is 4.74 Å². The minimum atomic E-state index is -0.469. The van der Waals surface area contributed by atoms with Crippen LogP contribution in [-0.2, 0) is 4.74 Å². The molecule has 0 atom stereocenters. The third-order valence-corrected chi connectivity index (χ3v) is 3.73. The fourth-order valence-corrected chi connectivity index (χ4v) is 2.34. The van der Waals surface area contributed by atoms with Gasteiger partial charge in [0.25, 0.3) is 0 Å². The highest BCUT2D eigenvalue weighted by molar-refractivity contribution is 5.68. The first-order valence-electron chi connectivity index (χ1n) is 8.20. The molecule has 2 rings (SSSR count). The van der Waals surface area contributed by atoms with Gasteiger partial charge in [-0.2, -0.15) is 0 Å². The lowest BCUT2D eigenvalue weighted by Gasteiger charge is -2.34. The van der Waals surface area contributed by atoms with E-state index in [0.29, 0.717) is 30.8 Å². The van der Waals surface area contributed by atoms with Crippen molar-refractivity contribution in [3.05, 3.63) is 35.1 Å². The zero-order chi connectivity index (χ0) is 17.7. The van der Waals surface area contributed by atoms with Gasteiger partial charge in [0.1, 0.15) is 11.4 Å². The molecule has 1 aliphatic heterocycles. The van der Waals surface area contributed by atoms with Crippen LogP contribution in [0.5, 0.6) is 0 Å². The second kappa shape index (κ2) is 7.67. The van der Waals surface area contributed by atoms with Crippen molar-refractivity contribution in [3.8, 4) is 11.8 Å². The quantitative estimate of drug-likeness (QED) is 0.741. The molecule has 1 aliphatic rings. The van der Waals surface area contributed by atoms with Crippen LogP contribution >= 0.6 is 0 Å². The van der Waals surface area contributed by atoms with Crippen molar-refractivity contribution in [2.24, 2.45) is 0 Å². The number of piperazine rings is 1. The summed E-state index contributed by atoms with van der Waals surface area (Å²) in [6.45, 7) is 10.7. The van der Waals surface area contributed by atoms with Crippen LogP contribution < -0.4 is 0 Å². The number of nitrogens with zero attached hydrogens (tertiary/aromatic N) is 2. The molecular formula is C19H25FN2O2. The van der Waals surface area contributed by atoms with E-state index >= 15 is 0 Å². The van der Waals surface area contributed by atoms with E-state index < -0.39 is 5.60 Å². The van der Waals surface area contributed by atoms with Gasteiger partial charge in [-0.25, -0.2) is 9.18 Å². The summed E-state index contributed by atoms with van der Waals surface area (Å²) < 4.78 is 18.8. The summed E-state index contributed by atoms with van der Waals surface area (Å²) in [5, 5.41) is 0. The molecule has 0 N–H and O–H groups in total. The lowest BCUT2D eigenvalue weighted by Crippen LogP contribution is -2.50. The number of halogens is 1. The molecular weight excluding hydrogens is 307 g/mol. The molecule has 0 bridgehead atoms. The number of hydrogen-bond donors (Lipinski definition) is 0. The Balaban J connectivity index is 1.80. The number of carbonyl (C=O) groups is 1. The van der Waals surface area contributed by atoms with Crippen molar-refractivity contribution < 1.29 is 13.9 Å². The first kappa shape index (κ1) is 18.3. The van der Waals surface area contributed by atoms with Crippen molar-refractivity contribution in [2.75, 3.05) is 32.7 Å². The molecule has 130 valence electrons. The number of aryl methyl sites for hydroxylation is 1. The minimum absolute atomic E-state index is 0.229. The summed E-state index contributed by atoms with van der Waals surface area (Å²) in [4.78, 5) is 15.9. The maximum absolute atomic E-state index is 13.5. The Morgan fingerprint density at radius 2 is 1.92 bits per heavy atom. The molecule has 0 radical (unpaired) electrons. The molecule has 0 aromatic heterocycles. The van der Waals surface area contributed by atoms with Gasteiger partial charge in [0.2, 0.25) is 0 Å². The molecule has 0 unspecified atom stereocenters. The van der Waals surface area contributed by atoms with Crippen molar-refractivity contribution in [3.63, 3.8) is 0 Å². The monoisotopic (exact) mass is 332 g/mol. The highest BCUT2D eigenvalue weighted by atomic mass is 19.1.